The average Bonchev–Trinajstić information content (AvgIpc) is 2.37. The van der Waals surface area contributed by atoms with E-state index < -0.39 is 5.97 Å². The first kappa shape index (κ1) is 13.3. The molecule has 2 aromatic rings. The summed E-state index contributed by atoms with van der Waals surface area (Å²) in [4.78, 5) is 14.9. The number of aryl methyl sites for hydroxylation is 1. The number of benzene rings is 1. The molecule has 1 aromatic heterocycles. The summed E-state index contributed by atoms with van der Waals surface area (Å²) in [6.07, 6.45) is 3.34. The smallest absolute Gasteiger partial charge is 0.335 e. The molecule has 4 heteroatoms. The van der Waals surface area contributed by atoms with Crippen molar-refractivity contribution in [3.63, 3.8) is 0 Å². The minimum absolute atomic E-state index is 0.238. The van der Waals surface area contributed by atoms with Crippen LogP contribution >= 0.6 is 15.9 Å². The molecule has 1 heterocycles. The Kier molecular flexibility index (Phi) is 3.98. The summed E-state index contributed by atoms with van der Waals surface area (Å²) >= 11 is 3.33. The summed E-state index contributed by atoms with van der Waals surface area (Å²) in [5, 5.41) is 8.96. The zero-order valence-electron chi connectivity index (χ0n) is 10.1. The van der Waals surface area contributed by atoms with Gasteiger partial charge in [0.25, 0.3) is 0 Å². The molecule has 0 saturated carbocycles. The van der Waals surface area contributed by atoms with Crippen LogP contribution in [0.5, 0.6) is 0 Å². The molecule has 94 valence electrons. The van der Waals surface area contributed by atoms with Gasteiger partial charge in [-0.1, -0.05) is 17.9 Å². The van der Waals surface area contributed by atoms with Crippen molar-refractivity contribution in [2.24, 2.45) is 0 Å². The van der Waals surface area contributed by atoms with E-state index in [1.807, 2.05) is 13.0 Å². The number of carbonyl (C=O) groups is 1. The monoisotopic (exact) mass is 315 g/mol. The fourth-order valence-electron chi connectivity index (χ4n) is 1.51. The van der Waals surface area contributed by atoms with E-state index in [0.717, 1.165) is 15.6 Å². The van der Waals surface area contributed by atoms with Crippen molar-refractivity contribution in [1.29, 1.82) is 0 Å². The maximum absolute atomic E-state index is 10.9. The Morgan fingerprint density at radius 2 is 2.05 bits per heavy atom. The number of hydrogen-bond donors (Lipinski definition) is 1. The third-order valence-electron chi connectivity index (χ3n) is 2.53. The second kappa shape index (κ2) is 5.68. The van der Waals surface area contributed by atoms with E-state index in [1.165, 1.54) is 0 Å². The van der Waals surface area contributed by atoms with E-state index in [9.17, 15) is 4.79 Å². The lowest BCUT2D eigenvalue weighted by molar-refractivity contribution is 0.0697. The molecule has 0 spiro atoms. The van der Waals surface area contributed by atoms with Crippen LogP contribution in [0.3, 0.4) is 0 Å². The molecule has 1 aromatic carbocycles. The number of hydrogen-bond acceptors (Lipinski definition) is 2. The summed E-state index contributed by atoms with van der Waals surface area (Å²) < 4.78 is 0.857. The third-order valence-corrected chi connectivity index (χ3v) is 2.96. The van der Waals surface area contributed by atoms with Gasteiger partial charge in [-0.25, -0.2) is 4.79 Å². The van der Waals surface area contributed by atoms with Crippen molar-refractivity contribution < 1.29 is 9.90 Å². The molecule has 3 nitrogen and oxygen atoms in total. The van der Waals surface area contributed by atoms with E-state index >= 15 is 0 Å². The molecule has 19 heavy (non-hydrogen) atoms. The SMILES string of the molecule is Cc1ccc(C(=O)O)cc1C#Cc1cncc(Br)c1. The molecule has 0 unspecified atom stereocenters. The van der Waals surface area contributed by atoms with Gasteiger partial charge < -0.3 is 5.11 Å². The third kappa shape index (κ3) is 3.43. The molecule has 0 aliphatic heterocycles. The molecule has 0 atom stereocenters. The Hall–Kier alpha value is -2.12. The lowest BCUT2D eigenvalue weighted by atomic mass is 10.1. The Morgan fingerprint density at radius 1 is 1.26 bits per heavy atom. The minimum Gasteiger partial charge on any atom is -0.478 e. The fraction of sp³-hybridized carbons (Fsp3) is 0.0667. The number of halogens is 1. The number of nitrogens with zero attached hydrogens (tertiary/aromatic N) is 1. The largest absolute Gasteiger partial charge is 0.478 e. The zero-order valence-corrected chi connectivity index (χ0v) is 11.7. The summed E-state index contributed by atoms with van der Waals surface area (Å²) in [7, 11) is 0. The normalized spacial score (nSPS) is 9.58. The van der Waals surface area contributed by atoms with Crippen LogP contribution in [-0.4, -0.2) is 16.1 Å². The molecule has 0 amide bonds. The van der Waals surface area contributed by atoms with Crippen molar-refractivity contribution in [1.82, 2.24) is 4.98 Å². The highest BCUT2D eigenvalue weighted by atomic mass is 79.9. The quantitative estimate of drug-likeness (QED) is 0.822. The lowest BCUT2D eigenvalue weighted by Gasteiger charge is -2.00. The number of carboxylic acid groups (broad SMARTS) is 1. The van der Waals surface area contributed by atoms with E-state index in [4.69, 9.17) is 5.11 Å². The number of aromatic nitrogens is 1. The van der Waals surface area contributed by atoms with Crippen LogP contribution in [0.2, 0.25) is 0 Å². The van der Waals surface area contributed by atoms with Crippen molar-refractivity contribution >= 4 is 21.9 Å². The summed E-state index contributed by atoms with van der Waals surface area (Å²) in [6.45, 7) is 1.90. The summed E-state index contributed by atoms with van der Waals surface area (Å²) in [5.74, 6) is 5.00. The van der Waals surface area contributed by atoms with Gasteiger partial charge in [0.05, 0.1) is 5.56 Å². The average molecular weight is 316 g/mol. The molecular formula is C15H10BrNO2. The van der Waals surface area contributed by atoms with Gasteiger partial charge in [-0.15, -0.1) is 0 Å². The molecule has 0 bridgehead atoms. The van der Waals surface area contributed by atoms with E-state index in [0.29, 0.717) is 5.56 Å². The van der Waals surface area contributed by atoms with Gasteiger partial charge in [0.2, 0.25) is 0 Å². The topological polar surface area (TPSA) is 50.2 Å². The van der Waals surface area contributed by atoms with Crippen LogP contribution in [0.1, 0.15) is 27.0 Å². The predicted molar refractivity (Wildman–Crippen MR) is 76.1 cm³/mol. The number of rotatable bonds is 1. The maximum Gasteiger partial charge on any atom is 0.335 e. The van der Waals surface area contributed by atoms with E-state index in [2.05, 4.69) is 32.8 Å². The molecule has 0 aliphatic rings. The van der Waals surface area contributed by atoms with Crippen molar-refractivity contribution in [3.05, 3.63) is 63.4 Å². The summed E-state index contributed by atoms with van der Waals surface area (Å²) in [5.41, 5.74) is 2.66. The van der Waals surface area contributed by atoms with Crippen molar-refractivity contribution in [2.75, 3.05) is 0 Å². The van der Waals surface area contributed by atoms with Gasteiger partial charge >= 0.3 is 5.97 Å². The molecule has 0 radical (unpaired) electrons. The molecule has 0 saturated heterocycles. The van der Waals surface area contributed by atoms with Crippen molar-refractivity contribution in [3.8, 4) is 11.8 Å². The number of pyridine rings is 1. The Balaban J connectivity index is 2.39. The zero-order chi connectivity index (χ0) is 13.8. The first-order chi connectivity index (χ1) is 9.06. The van der Waals surface area contributed by atoms with Crippen LogP contribution in [0.25, 0.3) is 0 Å². The van der Waals surface area contributed by atoms with Gasteiger partial charge in [-0.2, -0.15) is 0 Å². The molecular weight excluding hydrogens is 306 g/mol. The number of carboxylic acids is 1. The van der Waals surface area contributed by atoms with Gasteiger partial charge in [-0.05, 0) is 46.6 Å². The second-order valence-corrected chi connectivity index (χ2v) is 4.89. The van der Waals surface area contributed by atoms with Crippen LogP contribution in [0.4, 0.5) is 0 Å². The highest BCUT2D eigenvalue weighted by Crippen LogP contribution is 2.12. The van der Waals surface area contributed by atoms with Crippen molar-refractivity contribution in [2.45, 2.75) is 6.92 Å². The fourth-order valence-corrected chi connectivity index (χ4v) is 1.87. The molecule has 0 aliphatic carbocycles. The Morgan fingerprint density at radius 3 is 2.74 bits per heavy atom. The van der Waals surface area contributed by atoms with E-state index in [1.54, 1.807) is 30.6 Å². The first-order valence-electron chi connectivity index (χ1n) is 5.53. The standard InChI is InChI=1S/C15H10BrNO2/c1-10-2-4-13(15(18)19)7-12(10)5-3-11-6-14(16)9-17-8-11/h2,4,6-9H,1H3,(H,18,19). The van der Waals surface area contributed by atoms with Gasteiger partial charge in [0, 0.05) is 28.0 Å². The highest BCUT2D eigenvalue weighted by molar-refractivity contribution is 9.10. The van der Waals surface area contributed by atoms with Gasteiger partial charge in [0.15, 0.2) is 0 Å². The Bertz CT molecular complexity index is 699. The second-order valence-electron chi connectivity index (χ2n) is 3.98. The predicted octanol–water partition coefficient (Wildman–Crippen LogP) is 3.25. The summed E-state index contributed by atoms with van der Waals surface area (Å²) in [6, 6.07) is 6.77. The molecule has 1 N–H and O–H groups in total. The van der Waals surface area contributed by atoms with Crippen LogP contribution in [0, 0.1) is 18.8 Å². The van der Waals surface area contributed by atoms with E-state index in [-0.39, 0.29) is 5.56 Å². The Labute approximate surface area is 119 Å². The number of aromatic carboxylic acids is 1. The van der Waals surface area contributed by atoms with Gasteiger partial charge in [-0.3, -0.25) is 4.98 Å². The first-order valence-corrected chi connectivity index (χ1v) is 6.32. The maximum atomic E-state index is 10.9. The van der Waals surface area contributed by atoms with Crippen LogP contribution in [-0.2, 0) is 0 Å². The molecule has 0 fully saturated rings. The van der Waals surface area contributed by atoms with Gasteiger partial charge in [0.1, 0.15) is 0 Å². The molecule has 2 rings (SSSR count). The van der Waals surface area contributed by atoms with Crippen LogP contribution < -0.4 is 0 Å². The lowest BCUT2D eigenvalue weighted by Crippen LogP contribution is -1.97. The van der Waals surface area contributed by atoms with Crippen LogP contribution in [0.15, 0.2) is 41.1 Å². The minimum atomic E-state index is -0.952. The highest BCUT2D eigenvalue weighted by Gasteiger charge is 2.04.